The summed E-state index contributed by atoms with van der Waals surface area (Å²) in [5, 5.41) is 9.26. The average Bonchev–Trinajstić information content (AvgIpc) is 3.16. The highest BCUT2D eigenvalue weighted by Gasteiger charge is 2.27. The molecule has 3 aromatic rings. The minimum atomic E-state index is -0.338. The van der Waals surface area contributed by atoms with Gasteiger partial charge in [0.15, 0.2) is 34.4 Å². The van der Waals surface area contributed by atoms with Crippen LogP contribution in [0.2, 0.25) is 0 Å². The number of rotatable bonds is 7. The maximum absolute atomic E-state index is 12.9. The number of aromatic nitrogens is 3. The van der Waals surface area contributed by atoms with Crippen molar-refractivity contribution in [1.82, 2.24) is 14.8 Å². The molecule has 30 heavy (non-hydrogen) atoms. The van der Waals surface area contributed by atoms with Crippen LogP contribution in [0.25, 0.3) is 0 Å². The number of ketones is 1. The number of hydrogen-bond donors (Lipinski definition) is 0. The van der Waals surface area contributed by atoms with Gasteiger partial charge in [0.05, 0.1) is 5.75 Å². The molecule has 0 bridgehead atoms. The van der Waals surface area contributed by atoms with E-state index in [4.69, 9.17) is 9.47 Å². The fourth-order valence-electron chi connectivity index (χ4n) is 3.50. The van der Waals surface area contributed by atoms with Gasteiger partial charge in [0.1, 0.15) is 6.61 Å². The van der Waals surface area contributed by atoms with Crippen LogP contribution in [0.3, 0.4) is 0 Å². The minimum absolute atomic E-state index is 0.114. The zero-order valence-electron chi connectivity index (χ0n) is 17.4. The van der Waals surface area contributed by atoms with Crippen molar-refractivity contribution in [3.8, 4) is 11.5 Å². The third-order valence-corrected chi connectivity index (χ3v) is 6.28. The van der Waals surface area contributed by atoms with Crippen LogP contribution in [-0.4, -0.2) is 32.9 Å². The van der Waals surface area contributed by atoms with Crippen molar-refractivity contribution < 1.29 is 14.3 Å². The summed E-state index contributed by atoms with van der Waals surface area (Å²) in [5.74, 6) is 2.54. The molecule has 0 radical (unpaired) electrons. The molecule has 7 heteroatoms. The number of benzene rings is 2. The lowest BCUT2D eigenvalue weighted by Crippen LogP contribution is -2.24. The molecule has 156 valence electrons. The van der Waals surface area contributed by atoms with Gasteiger partial charge < -0.3 is 14.0 Å². The van der Waals surface area contributed by atoms with E-state index in [9.17, 15) is 4.79 Å². The number of fused-ring (bicyclic) bond motifs is 1. The van der Waals surface area contributed by atoms with Crippen LogP contribution >= 0.6 is 11.8 Å². The molecule has 1 aliphatic rings. The van der Waals surface area contributed by atoms with E-state index in [2.05, 4.69) is 36.2 Å². The molecular weight excluding hydrogens is 398 g/mol. The van der Waals surface area contributed by atoms with Crippen molar-refractivity contribution in [2.75, 3.05) is 12.4 Å². The molecule has 4 rings (SSSR count). The van der Waals surface area contributed by atoms with Crippen molar-refractivity contribution in [1.29, 1.82) is 0 Å². The van der Waals surface area contributed by atoms with Crippen LogP contribution in [0.5, 0.6) is 11.5 Å². The molecule has 0 saturated heterocycles. The van der Waals surface area contributed by atoms with E-state index in [1.807, 2.05) is 41.9 Å². The largest absolute Gasteiger partial charge is 0.485 e. The Labute approximate surface area is 180 Å². The number of para-hydroxylation sites is 2. The molecule has 0 amide bonds. The average molecular weight is 424 g/mol. The fraction of sp³-hybridized carbons (Fsp3) is 0.348. The van der Waals surface area contributed by atoms with E-state index in [1.54, 1.807) is 0 Å². The predicted octanol–water partition coefficient (Wildman–Crippen LogP) is 4.43. The number of ether oxygens (including phenoxy) is 2. The molecule has 1 atom stereocenters. The Morgan fingerprint density at radius 1 is 1.13 bits per heavy atom. The first-order chi connectivity index (χ1) is 14.6. The number of hydrogen-bond acceptors (Lipinski definition) is 6. The molecule has 0 N–H and O–H groups in total. The minimum Gasteiger partial charge on any atom is -0.485 e. The summed E-state index contributed by atoms with van der Waals surface area (Å²) >= 11 is 1.40. The Kier molecular flexibility index (Phi) is 6.08. The molecule has 1 aliphatic heterocycles. The number of aryl methyl sites for hydroxylation is 2. The summed E-state index contributed by atoms with van der Waals surface area (Å²) < 4.78 is 13.7. The molecule has 6 nitrogen and oxygen atoms in total. The van der Waals surface area contributed by atoms with Crippen molar-refractivity contribution >= 4 is 17.5 Å². The maximum atomic E-state index is 12.9. The molecule has 0 saturated carbocycles. The van der Waals surface area contributed by atoms with Crippen LogP contribution < -0.4 is 9.47 Å². The molecule has 1 unspecified atom stereocenters. The highest BCUT2D eigenvalue weighted by Crippen LogP contribution is 2.35. The number of carbonyl (C=O) groups excluding carboxylic acids is 1. The molecule has 2 heterocycles. The van der Waals surface area contributed by atoms with E-state index in [0.717, 1.165) is 29.7 Å². The topological polar surface area (TPSA) is 66.2 Å². The Hall–Kier alpha value is -2.80. The lowest BCUT2D eigenvalue weighted by Gasteiger charge is -2.25. The smallest absolute Gasteiger partial charge is 0.192 e. The van der Waals surface area contributed by atoms with Gasteiger partial charge in [-0.05, 0) is 42.2 Å². The molecule has 0 spiro atoms. The van der Waals surface area contributed by atoms with Crippen LogP contribution in [0, 0.1) is 0 Å². The summed E-state index contributed by atoms with van der Waals surface area (Å²) in [7, 11) is 1.89. The van der Waals surface area contributed by atoms with E-state index in [-0.39, 0.29) is 11.9 Å². The standard InChI is InChI=1S/C23H25N3O3S/c1-4-15-10-11-16(5-2)17(12-15)18(27)14-30-23-25-24-22(26(23)3)21-13-28-19-8-6-7-9-20(19)29-21/h6-12,21H,4-5,13-14H2,1-3H3. The summed E-state index contributed by atoms with van der Waals surface area (Å²) in [6, 6.07) is 13.8. The van der Waals surface area contributed by atoms with Crippen LogP contribution in [0.1, 0.15) is 47.3 Å². The monoisotopic (exact) mass is 423 g/mol. The molecule has 2 aromatic carbocycles. The van der Waals surface area contributed by atoms with Gasteiger partial charge in [-0.15, -0.1) is 10.2 Å². The first kappa shape index (κ1) is 20.5. The van der Waals surface area contributed by atoms with Gasteiger partial charge in [-0.2, -0.15) is 0 Å². The van der Waals surface area contributed by atoms with E-state index >= 15 is 0 Å². The Morgan fingerprint density at radius 3 is 2.70 bits per heavy atom. The Balaban J connectivity index is 1.46. The lowest BCUT2D eigenvalue weighted by molar-refractivity contribution is 0.0825. The van der Waals surface area contributed by atoms with Gasteiger partial charge in [0, 0.05) is 12.6 Å². The first-order valence-electron chi connectivity index (χ1n) is 10.2. The van der Waals surface area contributed by atoms with Crippen LogP contribution in [0.4, 0.5) is 0 Å². The summed E-state index contributed by atoms with van der Waals surface area (Å²) in [5.41, 5.74) is 3.08. The maximum Gasteiger partial charge on any atom is 0.192 e. The fourth-order valence-corrected chi connectivity index (χ4v) is 4.30. The second-order valence-corrected chi connectivity index (χ2v) is 8.12. The highest BCUT2D eigenvalue weighted by molar-refractivity contribution is 7.99. The lowest BCUT2D eigenvalue weighted by atomic mass is 9.98. The van der Waals surface area contributed by atoms with Gasteiger partial charge in [-0.1, -0.05) is 49.9 Å². The first-order valence-corrected chi connectivity index (χ1v) is 11.1. The van der Waals surface area contributed by atoms with Crippen molar-refractivity contribution in [2.24, 2.45) is 7.05 Å². The number of thioether (sulfide) groups is 1. The third-order valence-electron chi connectivity index (χ3n) is 5.26. The molecule has 1 aromatic heterocycles. The van der Waals surface area contributed by atoms with Gasteiger partial charge in [-0.3, -0.25) is 4.79 Å². The summed E-state index contributed by atoms with van der Waals surface area (Å²) in [4.78, 5) is 12.9. The molecule has 0 aliphatic carbocycles. The van der Waals surface area contributed by atoms with Crippen LogP contribution in [0.15, 0.2) is 47.6 Å². The number of nitrogens with zero attached hydrogens (tertiary/aromatic N) is 3. The normalized spacial score (nSPS) is 15.2. The predicted molar refractivity (Wildman–Crippen MR) is 117 cm³/mol. The van der Waals surface area contributed by atoms with Gasteiger partial charge in [-0.25, -0.2) is 0 Å². The number of carbonyl (C=O) groups is 1. The van der Waals surface area contributed by atoms with Crippen molar-refractivity contribution in [3.63, 3.8) is 0 Å². The second kappa shape index (κ2) is 8.92. The van der Waals surface area contributed by atoms with E-state index in [0.29, 0.717) is 29.1 Å². The summed E-state index contributed by atoms with van der Waals surface area (Å²) in [6.07, 6.45) is 1.41. The molecule has 0 fully saturated rings. The van der Waals surface area contributed by atoms with Gasteiger partial charge in [0.25, 0.3) is 0 Å². The van der Waals surface area contributed by atoms with E-state index < -0.39 is 0 Å². The zero-order chi connectivity index (χ0) is 21.1. The number of Topliss-reactive ketones (excluding diaryl/α,β-unsaturated/α-hetero) is 1. The third kappa shape index (κ3) is 4.07. The van der Waals surface area contributed by atoms with Crippen molar-refractivity contribution in [2.45, 2.75) is 37.9 Å². The second-order valence-electron chi connectivity index (χ2n) is 7.17. The molecular formula is C23H25N3O3S. The quantitative estimate of drug-likeness (QED) is 0.414. The Bertz CT molecular complexity index is 1060. The Morgan fingerprint density at radius 2 is 1.93 bits per heavy atom. The van der Waals surface area contributed by atoms with Gasteiger partial charge >= 0.3 is 0 Å². The van der Waals surface area contributed by atoms with Crippen molar-refractivity contribution in [3.05, 3.63) is 65.0 Å². The highest BCUT2D eigenvalue weighted by atomic mass is 32.2. The SMILES string of the molecule is CCc1ccc(CC)c(C(=O)CSc2nnc(C3COc4ccccc4O3)n2C)c1. The summed E-state index contributed by atoms with van der Waals surface area (Å²) in [6.45, 7) is 4.54. The van der Waals surface area contributed by atoms with Gasteiger partial charge in [0.2, 0.25) is 0 Å². The van der Waals surface area contributed by atoms with E-state index in [1.165, 1.54) is 17.3 Å². The van der Waals surface area contributed by atoms with Crippen LogP contribution in [-0.2, 0) is 19.9 Å². The zero-order valence-corrected chi connectivity index (χ0v) is 18.2.